The molecule has 5 heteroatoms. The zero-order valence-corrected chi connectivity index (χ0v) is 12.1. The molecule has 0 aliphatic rings. The zero-order valence-electron chi connectivity index (χ0n) is 10.5. The molecule has 2 N–H and O–H groups in total. The van der Waals surface area contributed by atoms with Crippen LogP contribution in [0, 0.1) is 5.92 Å². The summed E-state index contributed by atoms with van der Waals surface area (Å²) < 4.78 is 0. The van der Waals surface area contributed by atoms with Gasteiger partial charge in [-0.3, -0.25) is 4.79 Å². The van der Waals surface area contributed by atoms with Crippen molar-refractivity contribution in [2.24, 2.45) is 5.92 Å². The molecule has 18 heavy (non-hydrogen) atoms. The number of aliphatic hydroxyl groups is 1. The van der Waals surface area contributed by atoms with Crippen LogP contribution in [0.2, 0.25) is 5.02 Å². The molecule has 0 heterocycles. The number of benzene rings is 1. The van der Waals surface area contributed by atoms with Gasteiger partial charge in [-0.1, -0.05) is 30.7 Å². The summed E-state index contributed by atoms with van der Waals surface area (Å²) in [6, 6.07) is 7.16. The van der Waals surface area contributed by atoms with Gasteiger partial charge in [0.1, 0.15) is 0 Å². The Morgan fingerprint density at radius 1 is 1.44 bits per heavy atom. The maximum atomic E-state index is 11.9. The lowest BCUT2D eigenvalue weighted by Crippen LogP contribution is -2.23. The Kier molecular flexibility index (Phi) is 6.54. The van der Waals surface area contributed by atoms with Crippen LogP contribution in [0.15, 0.2) is 24.3 Å². The summed E-state index contributed by atoms with van der Waals surface area (Å²) in [5, 5.41) is 12.1. The molecule has 0 radical (unpaired) electrons. The number of hydrogen-bond acceptors (Lipinski definition) is 3. The van der Waals surface area contributed by atoms with Crippen molar-refractivity contribution in [1.29, 1.82) is 0 Å². The molecule has 1 aromatic carbocycles. The summed E-state index contributed by atoms with van der Waals surface area (Å²) in [5.74, 6) is 0.886. The number of rotatable bonds is 6. The number of hydrogen-bond donors (Lipinski definition) is 2. The van der Waals surface area contributed by atoms with Crippen LogP contribution in [0.5, 0.6) is 0 Å². The van der Waals surface area contributed by atoms with E-state index >= 15 is 0 Å². The van der Waals surface area contributed by atoms with Crippen LogP contribution in [0.25, 0.3) is 0 Å². The van der Waals surface area contributed by atoms with Crippen molar-refractivity contribution < 1.29 is 9.90 Å². The van der Waals surface area contributed by atoms with Gasteiger partial charge in [0.05, 0.1) is 16.0 Å². The second kappa shape index (κ2) is 7.67. The molecule has 1 aromatic rings. The summed E-state index contributed by atoms with van der Waals surface area (Å²) in [5.41, 5.74) is 0.631. The second-order valence-corrected chi connectivity index (χ2v) is 6.01. The minimum Gasteiger partial charge on any atom is -0.396 e. The first kappa shape index (κ1) is 15.3. The van der Waals surface area contributed by atoms with E-state index in [0.29, 0.717) is 10.7 Å². The fourth-order valence-electron chi connectivity index (χ4n) is 1.23. The summed E-state index contributed by atoms with van der Waals surface area (Å²) in [6.45, 7) is 3.94. The van der Waals surface area contributed by atoms with Gasteiger partial charge in [0.15, 0.2) is 0 Å². The van der Waals surface area contributed by atoms with Gasteiger partial charge in [0.25, 0.3) is 0 Å². The number of para-hydroxylation sites is 1. The molecule has 0 fully saturated rings. The predicted octanol–water partition coefficient (Wildman–Crippen LogP) is 3.03. The largest absolute Gasteiger partial charge is 0.396 e. The van der Waals surface area contributed by atoms with Gasteiger partial charge in [-0.15, -0.1) is 11.8 Å². The Labute approximate surface area is 117 Å². The second-order valence-electron chi connectivity index (χ2n) is 4.23. The summed E-state index contributed by atoms with van der Waals surface area (Å²) in [7, 11) is 0. The van der Waals surface area contributed by atoms with Crippen molar-refractivity contribution >= 4 is 35.0 Å². The molecule has 2 atom stereocenters. The highest BCUT2D eigenvalue weighted by molar-refractivity contribution is 8.00. The van der Waals surface area contributed by atoms with Crippen molar-refractivity contribution in [1.82, 2.24) is 0 Å². The molecule has 0 bridgehead atoms. The third-order valence-corrected chi connectivity index (χ3v) is 4.25. The predicted molar refractivity (Wildman–Crippen MR) is 78.3 cm³/mol. The Morgan fingerprint density at radius 2 is 2.11 bits per heavy atom. The average Bonchev–Trinajstić information content (AvgIpc) is 2.38. The molecular weight excluding hydrogens is 270 g/mol. The van der Waals surface area contributed by atoms with Crippen molar-refractivity contribution in [3.8, 4) is 0 Å². The molecule has 3 nitrogen and oxygen atoms in total. The summed E-state index contributed by atoms with van der Waals surface area (Å²) >= 11 is 7.50. The number of amides is 1. The molecule has 0 saturated heterocycles. The number of halogens is 1. The smallest absolute Gasteiger partial charge is 0.237 e. The Balaban J connectivity index is 2.48. The lowest BCUT2D eigenvalue weighted by Gasteiger charge is -2.14. The third-order valence-electron chi connectivity index (χ3n) is 2.44. The highest BCUT2D eigenvalue weighted by Crippen LogP contribution is 2.22. The van der Waals surface area contributed by atoms with Crippen LogP contribution in [0.1, 0.15) is 13.8 Å². The number of carbonyl (C=O) groups is 1. The van der Waals surface area contributed by atoms with E-state index in [-0.39, 0.29) is 23.7 Å². The number of anilines is 1. The fraction of sp³-hybridized carbons (Fsp3) is 0.462. The standard InChI is InChI=1S/C13H18ClNO2S/c1-9(7-16)8-18-10(2)13(17)15-12-6-4-3-5-11(12)14/h3-6,9-10,16H,7-8H2,1-2H3,(H,15,17). The highest BCUT2D eigenvalue weighted by Gasteiger charge is 2.15. The van der Waals surface area contributed by atoms with Gasteiger partial charge in [-0.2, -0.15) is 0 Å². The molecule has 1 rings (SSSR count). The van der Waals surface area contributed by atoms with E-state index in [1.54, 1.807) is 12.1 Å². The van der Waals surface area contributed by atoms with E-state index < -0.39 is 0 Å². The highest BCUT2D eigenvalue weighted by atomic mass is 35.5. The first-order chi connectivity index (χ1) is 8.54. The summed E-state index contributed by atoms with van der Waals surface area (Å²) in [4.78, 5) is 11.9. The fourth-order valence-corrected chi connectivity index (χ4v) is 2.35. The average molecular weight is 288 g/mol. The van der Waals surface area contributed by atoms with Gasteiger partial charge in [0, 0.05) is 6.61 Å². The van der Waals surface area contributed by atoms with Crippen molar-refractivity contribution in [3.63, 3.8) is 0 Å². The van der Waals surface area contributed by atoms with E-state index in [1.807, 2.05) is 26.0 Å². The van der Waals surface area contributed by atoms with E-state index in [1.165, 1.54) is 11.8 Å². The maximum Gasteiger partial charge on any atom is 0.237 e. The first-order valence-corrected chi connectivity index (χ1v) is 7.25. The molecule has 0 saturated carbocycles. The summed E-state index contributed by atoms with van der Waals surface area (Å²) in [6.07, 6.45) is 0. The molecule has 1 amide bonds. The first-order valence-electron chi connectivity index (χ1n) is 5.82. The normalized spacial score (nSPS) is 14.0. The molecule has 0 aromatic heterocycles. The van der Waals surface area contributed by atoms with Crippen LogP contribution < -0.4 is 5.32 Å². The topological polar surface area (TPSA) is 49.3 Å². The molecule has 100 valence electrons. The van der Waals surface area contributed by atoms with E-state index in [9.17, 15) is 4.79 Å². The molecule has 0 spiro atoms. The quantitative estimate of drug-likeness (QED) is 0.845. The number of carbonyl (C=O) groups excluding carboxylic acids is 1. The van der Waals surface area contributed by atoms with Crippen molar-refractivity contribution in [3.05, 3.63) is 29.3 Å². The van der Waals surface area contributed by atoms with Gasteiger partial charge in [-0.25, -0.2) is 0 Å². The van der Waals surface area contributed by atoms with Gasteiger partial charge < -0.3 is 10.4 Å². The third kappa shape index (κ3) is 4.88. The minimum absolute atomic E-state index is 0.0711. The molecular formula is C13H18ClNO2S. The minimum atomic E-state index is -0.171. The van der Waals surface area contributed by atoms with Crippen molar-refractivity contribution in [2.45, 2.75) is 19.1 Å². The number of aliphatic hydroxyl groups excluding tert-OH is 1. The Bertz CT molecular complexity index is 400. The lowest BCUT2D eigenvalue weighted by atomic mass is 10.2. The lowest BCUT2D eigenvalue weighted by molar-refractivity contribution is -0.115. The van der Waals surface area contributed by atoms with E-state index in [4.69, 9.17) is 16.7 Å². The van der Waals surface area contributed by atoms with Crippen LogP contribution in [-0.2, 0) is 4.79 Å². The van der Waals surface area contributed by atoms with Gasteiger partial charge in [0.2, 0.25) is 5.91 Å². The SMILES string of the molecule is CC(CO)CSC(C)C(=O)Nc1ccccc1Cl. The van der Waals surface area contributed by atoms with E-state index in [2.05, 4.69) is 5.32 Å². The van der Waals surface area contributed by atoms with Crippen LogP contribution in [0.4, 0.5) is 5.69 Å². The molecule has 0 aliphatic heterocycles. The van der Waals surface area contributed by atoms with Gasteiger partial charge >= 0.3 is 0 Å². The maximum absolute atomic E-state index is 11.9. The van der Waals surface area contributed by atoms with Crippen LogP contribution in [-0.4, -0.2) is 28.6 Å². The Morgan fingerprint density at radius 3 is 2.72 bits per heavy atom. The Hall–Kier alpha value is -0.710. The number of nitrogens with one attached hydrogen (secondary N) is 1. The van der Waals surface area contributed by atoms with Crippen molar-refractivity contribution in [2.75, 3.05) is 17.7 Å². The van der Waals surface area contributed by atoms with E-state index in [0.717, 1.165) is 5.75 Å². The molecule has 0 aliphatic carbocycles. The number of thioether (sulfide) groups is 1. The molecule has 2 unspecified atom stereocenters. The van der Waals surface area contributed by atoms with Crippen LogP contribution >= 0.6 is 23.4 Å². The monoisotopic (exact) mass is 287 g/mol. The van der Waals surface area contributed by atoms with Gasteiger partial charge in [-0.05, 0) is 30.7 Å². The van der Waals surface area contributed by atoms with Crippen LogP contribution in [0.3, 0.4) is 0 Å². The zero-order chi connectivity index (χ0) is 13.5.